The van der Waals surface area contributed by atoms with Crippen LogP contribution in [0.15, 0.2) is 72.7 Å². The van der Waals surface area contributed by atoms with Crippen LogP contribution >= 0.6 is 0 Å². The van der Waals surface area contributed by atoms with Gasteiger partial charge in [0.05, 0.1) is 0 Å². The molecule has 2 heterocycles. The number of hydrogen-bond donors (Lipinski definition) is 0. The fourth-order valence-corrected chi connectivity index (χ4v) is 3.77. The molecule has 138 valence electrons. The molecule has 0 N–H and O–H groups in total. The molecule has 0 aromatic heterocycles. The predicted octanol–water partition coefficient (Wildman–Crippen LogP) is 5.87. The third-order valence-corrected chi connectivity index (χ3v) is 4.97. The molecule has 0 saturated heterocycles. The fourth-order valence-electron chi connectivity index (χ4n) is 3.77. The summed E-state index contributed by atoms with van der Waals surface area (Å²) in [6.07, 6.45) is 8.33. The van der Waals surface area contributed by atoms with Gasteiger partial charge in [0.15, 0.2) is 0 Å². The van der Waals surface area contributed by atoms with Gasteiger partial charge < -0.3 is 9.57 Å². The summed E-state index contributed by atoms with van der Waals surface area (Å²) in [6, 6.07) is 14.7. The van der Waals surface area contributed by atoms with Gasteiger partial charge in [-0.25, -0.2) is 5.06 Å². The van der Waals surface area contributed by atoms with Crippen molar-refractivity contribution in [2.24, 2.45) is 0 Å². The van der Waals surface area contributed by atoms with Crippen LogP contribution in [-0.4, -0.2) is 11.2 Å². The normalized spacial score (nSPS) is 23.3. The average Bonchev–Trinajstić information content (AvgIpc) is 2.67. The molecule has 2 aliphatic heterocycles. The monoisotopic (exact) mass is 359 g/mol. The summed E-state index contributed by atoms with van der Waals surface area (Å²) in [5.74, 6) is 1.72. The summed E-state index contributed by atoms with van der Waals surface area (Å²) in [5.41, 5.74) is 6.09. The predicted molar refractivity (Wildman–Crippen MR) is 109 cm³/mol. The number of hydrogen-bond acceptors (Lipinski definition) is 3. The van der Waals surface area contributed by atoms with Gasteiger partial charge in [0, 0.05) is 11.8 Å². The van der Waals surface area contributed by atoms with Crippen LogP contribution in [0.1, 0.15) is 42.1 Å². The van der Waals surface area contributed by atoms with Crippen molar-refractivity contribution >= 4 is 5.57 Å². The minimum absolute atomic E-state index is 0.0562. The molecule has 0 spiro atoms. The Labute approximate surface area is 161 Å². The smallest absolute Gasteiger partial charge is 0.129 e. The standard InChI is InChI=1S/C24H25NO2/c1-16-9-10-21(17(2)13-16)20-11-12-25-23(15-20)22-7-5-6-8-24(22)26-18(3)14-19(4)27-25/h5-15,18,23H,1-4H3/b19-14-. The maximum atomic E-state index is 6.18. The number of rotatable bonds is 1. The van der Waals surface area contributed by atoms with Crippen molar-refractivity contribution in [1.82, 2.24) is 5.06 Å². The molecule has 2 atom stereocenters. The first-order valence-electron chi connectivity index (χ1n) is 9.39. The van der Waals surface area contributed by atoms with E-state index in [0.717, 1.165) is 17.1 Å². The van der Waals surface area contributed by atoms with Crippen molar-refractivity contribution in [2.75, 3.05) is 0 Å². The lowest BCUT2D eigenvalue weighted by Crippen LogP contribution is -2.24. The Morgan fingerprint density at radius 1 is 0.963 bits per heavy atom. The zero-order valence-corrected chi connectivity index (χ0v) is 16.3. The molecule has 0 bridgehead atoms. The van der Waals surface area contributed by atoms with Gasteiger partial charge in [-0.15, -0.1) is 0 Å². The molecule has 3 heteroatoms. The largest absolute Gasteiger partial charge is 0.486 e. The molecule has 0 radical (unpaired) electrons. The molecule has 0 amide bonds. The highest BCUT2D eigenvalue weighted by Gasteiger charge is 2.26. The van der Waals surface area contributed by atoms with Gasteiger partial charge in [0.1, 0.15) is 23.7 Å². The lowest BCUT2D eigenvalue weighted by atomic mass is 9.93. The van der Waals surface area contributed by atoms with E-state index < -0.39 is 0 Å². The molecule has 2 aromatic rings. The third-order valence-electron chi connectivity index (χ3n) is 4.97. The van der Waals surface area contributed by atoms with Gasteiger partial charge in [0.2, 0.25) is 0 Å². The number of allylic oxidation sites excluding steroid dienone is 3. The van der Waals surface area contributed by atoms with Gasteiger partial charge >= 0.3 is 0 Å². The van der Waals surface area contributed by atoms with E-state index in [1.807, 2.05) is 49.4 Å². The molecule has 2 unspecified atom stereocenters. The number of nitrogens with zero attached hydrogens (tertiary/aromatic N) is 1. The van der Waals surface area contributed by atoms with Gasteiger partial charge in [-0.3, -0.25) is 0 Å². The van der Waals surface area contributed by atoms with Crippen molar-refractivity contribution in [3.63, 3.8) is 0 Å². The highest BCUT2D eigenvalue weighted by atomic mass is 16.7. The quantitative estimate of drug-likeness (QED) is 0.635. The molecule has 4 rings (SSSR count). The Balaban J connectivity index is 1.82. The molecule has 3 nitrogen and oxygen atoms in total. The first kappa shape index (κ1) is 17.5. The van der Waals surface area contributed by atoms with Crippen LogP contribution in [0, 0.1) is 13.8 Å². The van der Waals surface area contributed by atoms with Gasteiger partial charge in [0.25, 0.3) is 0 Å². The first-order chi connectivity index (χ1) is 13.0. The Hall–Kier alpha value is -2.94. The topological polar surface area (TPSA) is 21.7 Å². The highest BCUT2D eigenvalue weighted by molar-refractivity contribution is 5.77. The van der Waals surface area contributed by atoms with Crippen molar-refractivity contribution in [2.45, 2.75) is 39.8 Å². The van der Waals surface area contributed by atoms with Gasteiger partial charge in [-0.05, 0) is 68.7 Å². The highest BCUT2D eigenvalue weighted by Crippen LogP contribution is 2.38. The summed E-state index contributed by atoms with van der Waals surface area (Å²) in [5, 5.41) is 1.90. The summed E-state index contributed by atoms with van der Waals surface area (Å²) < 4.78 is 6.18. The summed E-state index contributed by atoms with van der Waals surface area (Å²) in [6.45, 7) is 8.28. The summed E-state index contributed by atoms with van der Waals surface area (Å²) in [7, 11) is 0. The number of hydroxylamine groups is 2. The number of benzene rings is 2. The SMILES string of the molecule is C/C1=C/C(C)Oc2ccccc2C2C=C(c3ccc(C)cc3C)C=CN2O1. The van der Waals surface area contributed by atoms with Crippen molar-refractivity contribution in [3.05, 3.63) is 94.9 Å². The second-order valence-electron chi connectivity index (χ2n) is 7.29. The first-order valence-corrected chi connectivity index (χ1v) is 9.39. The maximum Gasteiger partial charge on any atom is 0.129 e. The van der Waals surface area contributed by atoms with E-state index in [1.165, 1.54) is 22.3 Å². The molecular weight excluding hydrogens is 334 g/mol. The Kier molecular flexibility index (Phi) is 4.53. The maximum absolute atomic E-state index is 6.18. The van der Waals surface area contributed by atoms with E-state index >= 15 is 0 Å². The molecular formula is C24H25NO2. The number of fused-ring (bicyclic) bond motifs is 3. The Bertz CT molecular complexity index is 955. The van der Waals surface area contributed by atoms with Gasteiger partial charge in [-0.2, -0.15) is 0 Å². The van der Waals surface area contributed by atoms with E-state index in [9.17, 15) is 0 Å². The zero-order valence-electron chi connectivity index (χ0n) is 16.3. The van der Waals surface area contributed by atoms with E-state index in [4.69, 9.17) is 9.57 Å². The number of ether oxygens (including phenoxy) is 1. The van der Waals surface area contributed by atoms with Gasteiger partial charge in [-0.1, -0.05) is 42.0 Å². The molecule has 2 aromatic carbocycles. The summed E-state index contributed by atoms with van der Waals surface area (Å²) in [4.78, 5) is 6.12. The minimum Gasteiger partial charge on any atom is -0.486 e. The average molecular weight is 359 g/mol. The lowest BCUT2D eigenvalue weighted by molar-refractivity contribution is -0.0976. The second-order valence-corrected chi connectivity index (χ2v) is 7.29. The minimum atomic E-state index is -0.0597. The van der Waals surface area contributed by atoms with E-state index in [2.05, 4.69) is 50.3 Å². The van der Waals surface area contributed by atoms with E-state index in [0.29, 0.717) is 0 Å². The second kappa shape index (κ2) is 6.99. The van der Waals surface area contributed by atoms with Crippen LogP contribution in [0.25, 0.3) is 5.57 Å². The zero-order chi connectivity index (χ0) is 19.0. The van der Waals surface area contributed by atoms with Crippen molar-refractivity contribution in [3.8, 4) is 5.75 Å². The van der Waals surface area contributed by atoms with Crippen LogP contribution in [0.5, 0.6) is 5.75 Å². The van der Waals surface area contributed by atoms with Crippen molar-refractivity contribution in [1.29, 1.82) is 0 Å². The van der Waals surface area contributed by atoms with Crippen LogP contribution in [-0.2, 0) is 4.84 Å². The van der Waals surface area contributed by atoms with Crippen LogP contribution < -0.4 is 4.74 Å². The fraction of sp³-hybridized carbons (Fsp3) is 0.250. The number of para-hydroxylation sites is 1. The number of aryl methyl sites for hydroxylation is 2. The molecule has 0 saturated carbocycles. The molecule has 0 fully saturated rings. The van der Waals surface area contributed by atoms with Crippen LogP contribution in [0.3, 0.4) is 0 Å². The van der Waals surface area contributed by atoms with E-state index in [1.54, 1.807) is 0 Å². The molecule has 27 heavy (non-hydrogen) atoms. The third kappa shape index (κ3) is 3.50. The molecule has 0 aliphatic carbocycles. The molecule has 2 aliphatic rings. The van der Waals surface area contributed by atoms with Crippen molar-refractivity contribution < 1.29 is 9.57 Å². The van der Waals surface area contributed by atoms with Crippen LogP contribution in [0.2, 0.25) is 0 Å². The Morgan fingerprint density at radius 3 is 2.59 bits per heavy atom. The van der Waals surface area contributed by atoms with Crippen LogP contribution in [0.4, 0.5) is 0 Å². The van der Waals surface area contributed by atoms with E-state index in [-0.39, 0.29) is 12.1 Å². The summed E-state index contributed by atoms with van der Waals surface area (Å²) >= 11 is 0. The lowest BCUT2D eigenvalue weighted by Gasteiger charge is -2.32. The Morgan fingerprint density at radius 2 is 1.78 bits per heavy atom.